The molecule has 1 aliphatic rings. The number of carbonyl (C=O) groups excluding carboxylic acids is 2. The molecule has 2 rings (SSSR count). The van der Waals surface area contributed by atoms with Gasteiger partial charge in [-0.3, -0.25) is 14.5 Å². The quantitative estimate of drug-likeness (QED) is 0.517. The molecule has 1 fully saturated rings. The zero-order chi connectivity index (χ0) is 15.6. The highest BCUT2D eigenvalue weighted by Crippen LogP contribution is 2.30. The van der Waals surface area contributed by atoms with Crippen LogP contribution in [-0.2, 0) is 9.59 Å². The Bertz CT molecular complexity index is 627. The maximum absolute atomic E-state index is 11.9. The van der Waals surface area contributed by atoms with Gasteiger partial charge in [0.25, 0.3) is 0 Å². The van der Waals surface area contributed by atoms with Crippen molar-refractivity contribution >= 4 is 51.8 Å². The van der Waals surface area contributed by atoms with E-state index in [9.17, 15) is 19.5 Å². The molecule has 1 N–H and O–H groups in total. The number of amides is 1. The maximum atomic E-state index is 11.9. The van der Waals surface area contributed by atoms with Crippen molar-refractivity contribution in [2.24, 2.45) is 0 Å². The van der Waals surface area contributed by atoms with Gasteiger partial charge in [-0.1, -0.05) is 24.0 Å². The van der Waals surface area contributed by atoms with Crippen LogP contribution in [0.15, 0.2) is 18.2 Å². The van der Waals surface area contributed by atoms with Crippen LogP contribution in [0.3, 0.4) is 0 Å². The standard InChI is InChI=1S/C13H11NO5S2/c1-7(15)19-10-3-2-8(6-9(10)12(17)18)14-11(16)4-5-21-13(14)20/h2-3,6H,4-5H2,1H3,(H,17,18). The number of hydrogen-bond donors (Lipinski definition) is 1. The number of thioether (sulfide) groups is 1. The lowest BCUT2D eigenvalue weighted by Crippen LogP contribution is -2.38. The van der Waals surface area contributed by atoms with E-state index in [0.29, 0.717) is 22.2 Å². The van der Waals surface area contributed by atoms with Crippen molar-refractivity contribution in [3.63, 3.8) is 0 Å². The third-order valence-electron chi connectivity index (χ3n) is 2.68. The average molecular weight is 325 g/mol. The highest BCUT2D eigenvalue weighted by Gasteiger charge is 2.26. The molecular weight excluding hydrogens is 314 g/mol. The van der Waals surface area contributed by atoms with Crippen molar-refractivity contribution in [3.05, 3.63) is 23.8 Å². The van der Waals surface area contributed by atoms with Crippen molar-refractivity contribution in [1.29, 1.82) is 0 Å². The molecule has 0 aliphatic carbocycles. The number of thiocarbonyl (C=S) groups is 1. The molecule has 1 saturated heterocycles. The Balaban J connectivity index is 2.44. The van der Waals surface area contributed by atoms with E-state index in [1.54, 1.807) is 0 Å². The molecule has 0 unspecified atom stereocenters. The monoisotopic (exact) mass is 325 g/mol. The first-order valence-corrected chi connectivity index (χ1v) is 7.35. The SMILES string of the molecule is CC(=O)Oc1ccc(N2C(=O)CCSC2=S)cc1C(=O)O. The first kappa shape index (κ1) is 15.5. The van der Waals surface area contributed by atoms with Gasteiger partial charge in [0, 0.05) is 19.1 Å². The topological polar surface area (TPSA) is 83.9 Å². The minimum absolute atomic E-state index is 0.0678. The molecule has 110 valence electrons. The van der Waals surface area contributed by atoms with Crippen molar-refractivity contribution in [2.75, 3.05) is 10.7 Å². The number of nitrogens with zero attached hydrogens (tertiary/aromatic N) is 1. The summed E-state index contributed by atoms with van der Waals surface area (Å²) in [6.45, 7) is 1.18. The molecule has 0 spiro atoms. The van der Waals surface area contributed by atoms with Gasteiger partial charge < -0.3 is 9.84 Å². The number of anilines is 1. The van der Waals surface area contributed by atoms with Gasteiger partial charge in [-0.25, -0.2) is 4.79 Å². The van der Waals surface area contributed by atoms with Crippen molar-refractivity contribution in [2.45, 2.75) is 13.3 Å². The summed E-state index contributed by atoms with van der Waals surface area (Å²) in [7, 11) is 0. The summed E-state index contributed by atoms with van der Waals surface area (Å²) in [5, 5.41) is 9.20. The molecule has 0 aromatic heterocycles. The molecule has 0 atom stereocenters. The van der Waals surface area contributed by atoms with Crippen molar-refractivity contribution < 1.29 is 24.2 Å². The largest absolute Gasteiger partial charge is 0.478 e. The Kier molecular flexibility index (Phi) is 4.59. The Morgan fingerprint density at radius 3 is 2.71 bits per heavy atom. The second-order valence-corrected chi connectivity index (χ2v) is 5.90. The molecule has 1 amide bonds. The van der Waals surface area contributed by atoms with Crippen LogP contribution in [0, 0.1) is 0 Å². The van der Waals surface area contributed by atoms with Crippen LogP contribution < -0.4 is 9.64 Å². The van der Waals surface area contributed by atoms with Crippen LogP contribution in [-0.4, -0.2) is 33.0 Å². The van der Waals surface area contributed by atoms with Crippen molar-refractivity contribution in [1.82, 2.24) is 0 Å². The van der Waals surface area contributed by atoms with Crippen LogP contribution in [0.1, 0.15) is 23.7 Å². The van der Waals surface area contributed by atoms with E-state index in [2.05, 4.69) is 0 Å². The second kappa shape index (κ2) is 6.23. The van der Waals surface area contributed by atoms with Gasteiger partial charge in [-0.15, -0.1) is 0 Å². The first-order chi connectivity index (χ1) is 9.90. The van der Waals surface area contributed by atoms with Crippen LogP contribution in [0.5, 0.6) is 5.75 Å². The number of carbonyl (C=O) groups is 3. The number of rotatable bonds is 3. The van der Waals surface area contributed by atoms with Crippen LogP contribution in [0.2, 0.25) is 0 Å². The predicted octanol–water partition coefficient (Wildman–Crippen LogP) is 2.06. The van der Waals surface area contributed by atoms with E-state index in [4.69, 9.17) is 17.0 Å². The fourth-order valence-corrected chi connectivity index (χ4v) is 3.07. The highest BCUT2D eigenvalue weighted by molar-refractivity contribution is 8.23. The number of aromatic carboxylic acids is 1. The zero-order valence-electron chi connectivity index (χ0n) is 11.0. The van der Waals surface area contributed by atoms with Gasteiger partial charge in [0.15, 0.2) is 0 Å². The summed E-state index contributed by atoms with van der Waals surface area (Å²) in [5.41, 5.74) is 0.152. The fourth-order valence-electron chi connectivity index (χ4n) is 1.82. The molecule has 0 radical (unpaired) electrons. The fraction of sp³-hybridized carbons (Fsp3) is 0.231. The molecule has 0 saturated carbocycles. The number of hydrogen-bond acceptors (Lipinski definition) is 6. The van der Waals surface area contributed by atoms with E-state index in [1.165, 1.54) is 41.8 Å². The minimum Gasteiger partial charge on any atom is -0.478 e. The van der Waals surface area contributed by atoms with Crippen LogP contribution in [0.25, 0.3) is 0 Å². The highest BCUT2D eigenvalue weighted by atomic mass is 32.2. The summed E-state index contributed by atoms with van der Waals surface area (Å²) in [6, 6.07) is 4.12. The lowest BCUT2D eigenvalue weighted by molar-refractivity contribution is -0.131. The molecule has 0 bridgehead atoms. The number of esters is 1. The summed E-state index contributed by atoms with van der Waals surface area (Å²) in [4.78, 5) is 35.5. The normalized spacial score (nSPS) is 15.0. The Morgan fingerprint density at radius 2 is 2.14 bits per heavy atom. The molecule has 1 heterocycles. The van der Waals surface area contributed by atoms with E-state index in [-0.39, 0.29) is 17.2 Å². The lowest BCUT2D eigenvalue weighted by Gasteiger charge is -2.27. The van der Waals surface area contributed by atoms with Crippen LogP contribution >= 0.6 is 24.0 Å². The lowest BCUT2D eigenvalue weighted by atomic mass is 10.1. The molecule has 1 aromatic rings. The Hall–Kier alpha value is -1.93. The van der Waals surface area contributed by atoms with E-state index in [1.807, 2.05) is 0 Å². The Morgan fingerprint density at radius 1 is 1.43 bits per heavy atom. The molecular formula is C13H11NO5S2. The van der Waals surface area contributed by atoms with Crippen LogP contribution in [0.4, 0.5) is 5.69 Å². The van der Waals surface area contributed by atoms with E-state index < -0.39 is 11.9 Å². The van der Waals surface area contributed by atoms with Gasteiger partial charge in [0.2, 0.25) is 5.91 Å². The molecule has 6 nitrogen and oxygen atoms in total. The predicted molar refractivity (Wildman–Crippen MR) is 81.9 cm³/mol. The summed E-state index contributed by atoms with van der Waals surface area (Å²) in [5.74, 6) is -1.51. The average Bonchev–Trinajstić information content (AvgIpc) is 2.39. The minimum atomic E-state index is -1.25. The van der Waals surface area contributed by atoms with Gasteiger partial charge in [-0.2, -0.15) is 0 Å². The third-order valence-corrected chi connectivity index (χ3v) is 4.05. The maximum Gasteiger partial charge on any atom is 0.339 e. The summed E-state index contributed by atoms with van der Waals surface area (Å²) < 4.78 is 5.22. The van der Waals surface area contributed by atoms with E-state index in [0.717, 1.165) is 0 Å². The summed E-state index contributed by atoms with van der Waals surface area (Å²) >= 11 is 6.49. The van der Waals surface area contributed by atoms with Gasteiger partial charge in [0.1, 0.15) is 15.6 Å². The molecule has 1 aliphatic heterocycles. The first-order valence-electron chi connectivity index (χ1n) is 5.95. The number of carboxylic acid groups (broad SMARTS) is 1. The number of carboxylic acids is 1. The van der Waals surface area contributed by atoms with Gasteiger partial charge >= 0.3 is 11.9 Å². The molecule has 1 aromatic carbocycles. The van der Waals surface area contributed by atoms with E-state index >= 15 is 0 Å². The number of benzene rings is 1. The van der Waals surface area contributed by atoms with Crippen molar-refractivity contribution in [3.8, 4) is 5.75 Å². The van der Waals surface area contributed by atoms with Gasteiger partial charge in [-0.05, 0) is 18.2 Å². The Labute approximate surface area is 130 Å². The third kappa shape index (κ3) is 3.40. The number of ether oxygens (including phenoxy) is 1. The van der Waals surface area contributed by atoms with Gasteiger partial charge in [0.05, 0.1) is 5.69 Å². The zero-order valence-corrected chi connectivity index (χ0v) is 12.6. The smallest absolute Gasteiger partial charge is 0.339 e. The molecule has 21 heavy (non-hydrogen) atoms. The second-order valence-electron chi connectivity index (χ2n) is 4.17. The summed E-state index contributed by atoms with van der Waals surface area (Å²) in [6.07, 6.45) is 0.332. The molecule has 8 heteroatoms.